The van der Waals surface area contributed by atoms with Gasteiger partial charge < -0.3 is 19.9 Å². The second-order valence-corrected chi connectivity index (χ2v) is 6.41. The van der Waals surface area contributed by atoms with E-state index in [0.717, 1.165) is 44.7 Å². The normalized spacial score (nSPS) is 23.6. The van der Waals surface area contributed by atoms with Gasteiger partial charge >= 0.3 is 0 Å². The van der Waals surface area contributed by atoms with Crippen LogP contribution in [-0.2, 0) is 4.74 Å². The van der Waals surface area contributed by atoms with Crippen molar-refractivity contribution >= 4 is 5.96 Å². The van der Waals surface area contributed by atoms with Crippen LogP contribution in [0.4, 0.5) is 0 Å². The van der Waals surface area contributed by atoms with Crippen molar-refractivity contribution in [1.82, 2.24) is 15.1 Å². The summed E-state index contributed by atoms with van der Waals surface area (Å²) in [4.78, 5) is 9.41. The average Bonchev–Trinajstić information content (AvgIpc) is 3.21. The van der Waals surface area contributed by atoms with Gasteiger partial charge in [0.15, 0.2) is 5.96 Å². The molecule has 0 bridgehead atoms. The van der Waals surface area contributed by atoms with E-state index in [-0.39, 0.29) is 0 Å². The average molecular weight is 296 g/mol. The van der Waals surface area contributed by atoms with Crippen LogP contribution in [0.15, 0.2) is 4.99 Å². The molecule has 0 aromatic carbocycles. The number of likely N-dealkylation sites (N-methyl/N-ethyl adjacent to an activating group) is 2. The molecule has 5 nitrogen and oxygen atoms in total. The fraction of sp³-hybridized carbons (Fsp3) is 0.938. The number of guanidine groups is 1. The number of likely N-dealkylation sites (tertiary alicyclic amines) is 1. The Balaban J connectivity index is 1.72. The van der Waals surface area contributed by atoms with Crippen LogP contribution in [0.2, 0.25) is 0 Å². The van der Waals surface area contributed by atoms with Crippen LogP contribution < -0.4 is 5.32 Å². The molecule has 1 aliphatic heterocycles. The van der Waals surface area contributed by atoms with E-state index in [4.69, 9.17) is 9.73 Å². The van der Waals surface area contributed by atoms with Crippen molar-refractivity contribution in [2.24, 2.45) is 10.9 Å². The number of rotatable bonds is 8. The van der Waals surface area contributed by atoms with Crippen LogP contribution in [0.5, 0.6) is 0 Å². The Labute approximate surface area is 129 Å². The maximum Gasteiger partial charge on any atom is 0.193 e. The summed E-state index contributed by atoms with van der Waals surface area (Å²) in [5.74, 6) is 1.85. The van der Waals surface area contributed by atoms with Crippen molar-refractivity contribution in [3.05, 3.63) is 0 Å². The van der Waals surface area contributed by atoms with Gasteiger partial charge in [-0.3, -0.25) is 4.99 Å². The molecule has 0 aromatic heterocycles. The smallest absolute Gasteiger partial charge is 0.193 e. The van der Waals surface area contributed by atoms with E-state index in [0.29, 0.717) is 6.04 Å². The first kappa shape index (κ1) is 16.6. The standard InChI is InChI=1S/C16H32N4O/c1-4-17-16(18-12-15-6-5-9-19(15)2)20(3)10-11-21-13-14-7-8-14/h14-15H,4-13H2,1-3H3,(H,17,18). The molecule has 0 amide bonds. The first-order valence-electron chi connectivity index (χ1n) is 8.48. The topological polar surface area (TPSA) is 40.1 Å². The Morgan fingerprint density at radius 1 is 1.38 bits per heavy atom. The Morgan fingerprint density at radius 2 is 2.19 bits per heavy atom. The second-order valence-electron chi connectivity index (χ2n) is 6.41. The molecule has 2 rings (SSSR count). The molecule has 0 aromatic rings. The van der Waals surface area contributed by atoms with Crippen molar-refractivity contribution in [2.75, 3.05) is 53.5 Å². The van der Waals surface area contributed by atoms with Gasteiger partial charge in [0.2, 0.25) is 0 Å². The van der Waals surface area contributed by atoms with E-state index in [1.807, 2.05) is 0 Å². The largest absolute Gasteiger partial charge is 0.379 e. The fourth-order valence-corrected chi connectivity index (χ4v) is 2.71. The van der Waals surface area contributed by atoms with Gasteiger partial charge in [-0.2, -0.15) is 0 Å². The van der Waals surface area contributed by atoms with Crippen LogP contribution in [0.3, 0.4) is 0 Å². The maximum absolute atomic E-state index is 5.72. The van der Waals surface area contributed by atoms with Gasteiger partial charge in [0.1, 0.15) is 0 Å². The summed E-state index contributed by atoms with van der Waals surface area (Å²) < 4.78 is 5.72. The molecule has 1 N–H and O–H groups in total. The molecule has 21 heavy (non-hydrogen) atoms. The summed E-state index contributed by atoms with van der Waals surface area (Å²) in [5.41, 5.74) is 0. The first-order valence-corrected chi connectivity index (χ1v) is 8.48. The quantitative estimate of drug-likeness (QED) is 0.418. The lowest BCUT2D eigenvalue weighted by Crippen LogP contribution is -2.41. The van der Waals surface area contributed by atoms with E-state index in [1.165, 1.54) is 32.2 Å². The van der Waals surface area contributed by atoms with Crippen molar-refractivity contribution in [1.29, 1.82) is 0 Å². The molecule has 2 aliphatic rings. The Bertz CT molecular complexity index is 330. The minimum atomic E-state index is 0.609. The third kappa shape index (κ3) is 5.83. The molecular weight excluding hydrogens is 264 g/mol. The number of hydrogen-bond acceptors (Lipinski definition) is 3. The van der Waals surface area contributed by atoms with E-state index < -0.39 is 0 Å². The van der Waals surface area contributed by atoms with Crippen molar-refractivity contribution < 1.29 is 4.74 Å². The molecule has 2 fully saturated rings. The highest BCUT2D eigenvalue weighted by Crippen LogP contribution is 2.28. The predicted molar refractivity (Wildman–Crippen MR) is 87.8 cm³/mol. The molecule has 1 saturated heterocycles. The maximum atomic E-state index is 5.72. The lowest BCUT2D eigenvalue weighted by Gasteiger charge is -2.23. The van der Waals surface area contributed by atoms with Crippen molar-refractivity contribution in [3.63, 3.8) is 0 Å². The summed E-state index contributed by atoms with van der Waals surface area (Å²) in [6.45, 7) is 7.77. The van der Waals surface area contributed by atoms with E-state index in [9.17, 15) is 0 Å². The summed E-state index contributed by atoms with van der Waals surface area (Å²) in [5, 5.41) is 3.39. The zero-order valence-corrected chi connectivity index (χ0v) is 14.0. The van der Waals surface area contributed by atoms with E-state index >= 15 is 0 Å². The Morgan fingerprint density at radius 3 is 2.81 bits per heavy atom. The second kappa shape index (κ2) is 8.59. The van der Waals surface area contributed by atoms with Crippen LogP contribution in [0, 0.1) is 5.92 Å². The summed E-state index contributed by atoms with van der Waals surface area (Å²) in [7, 11) is 4.30. The summed E-state index contributed by atoms with van der Waals surface area (Å²) >= 11 is 0. The molecule has 1 aliphatic carbocycles. The monoisotopic (exact) mass is 296 g/mol. The van der Waals surface area contributed by atoms with Crippen LogP contribution in [0.25, 0.3) is 0 Å². The zero-order valence-electron chi connectivity index (χ0n) is 14.0. The van der Waals surface area contributed by atoms with Crippen molar-refractivity contribution in [3.8, 4) is 0 Å². The lowest BCUT2D eigenvalue weighted by molar-refractivity contribution is 0.115. The number of hydrogen-bond donors (Lipinski definition) is 1. The zero-order chi connectivity index (χ0) is 15.1. The molecule has 0 spiro atoms. The van der Waals surface area contributed by atoms with Crippen molar-refractivity contribution in [2.45, 2.75) is 38.6 Å². The van der Waals surface area contributed by atoms with Gasteiger partial charge in [-0.15, -0.1) is 0 Å². The van der Waals surface area contributed by atoms with E-state index in [2.05, 4.69) is 36.1 Å². The minimum absolute atomic E-state index is 0.609. The highest BCUT2D eigenvalue weighted by Gasteiger charge is 2.22. The predicted octanol–water partition coefficient (Wildman–Crippen LogP) is 1.40. The van der Waals surface area contributed by atoms with Gasteiger partial charge in [-0.25, -0.2) is 0 Å². The molecule has 122 valence electrons. The third-order valence-corrected chi connectivity index (χ3v) is 4.44. The van der Waals surface area contributed by atoms with Crippen LogP contribution >= 0.6 is 0 Å². The molecule has 1 heterocycles. The lowest BCUT2D eigenvalue weighted by atomic mass is 10.2. The molecule has 1 unspecified atom stereocenters. The number of aliphatic imine (C=N–C) groups is 1. The van der Waals surface area contributed by atoms with Gasteiger partial charge in [0, 0.05) is 32.8 Å². The highest BCUT2D eigenvalue weighted by atomic mass is 16.5. The highest BCUT2D eigenvalue weighted by molar-refractivity contribution is 5.79. The molecule has 1 atom stereocenters. The summed E-state index contributed by atoms with van der Waals surface area (Å²) in [6.07, 6.45) is 5.29. The molecule has 0 radical (unpaired) electrons. The number of ether oxygens (including phenoxy) is 1. The Hall–Kier alpha value is -0.810. The molecule has 5 heteroatoms. The summed E-state index contributed by atoms with van der Waals surface area (Å²) in [6, 6.07) is 0.609. The molecule has 1 saturated carbocycles. The minimum Gasteiger partial charge on any atom is -0.379 e. The first-order chi connectivity index (χ1) is 10.2. The van der Waals surface area contributed by atoms with Crippen LogP contribution in [0.1, 0.15) is 32.6 Å². The molecular formula is C16H32N4O. The van der Waals surface area contributed by atoms with Gasteiger partial charge in [0.05, 0.1) is 13.2 Å². The Kier molecular flexibility index (Phi) is 6.77. The van der Waals surface area contributed by atoms with Gasteiger partial charge in [-0.05, 0) is 52.1 Å². The number of nitrogens with one attached hydrogen (secondary N) is 1. The van der Waals surface area contributed by atoms with Gasteiger partial charge in [0.25, 0.3) is 0 Å². The fourth-order valence-electron chi connectivity index (χ4n) is 2.71. The van der Waals surface area contributed by atoms with E-state index in [1.54, 1.807) is 0 Å². The third-order valence-electron chi connectivity index (χ3n) is 4.44. The number of nitrogens with zero attached hydrogens (tertiary/aromatic N) is 3. The van der Waals surface area contributed by atoms with Gasteiger partial charge in [-0.1, -0.05) is 0 Å². The van der Waals surface area contributed by atoms with Crippen LogP contribution in [-0.4, -0.2) is 75.3 Å². The SMILES string of the molecule is CCNC(=NCC1CCCN1C)N(C)CCOCC1CC1.